The minimum absolute atomic E-state index is 0.118. The third-order valence-electron chi connectivity index (χ3n) is 4.31. The SMILES string of the molecule is CC(C)(C)OC(=O)N(CCNC(=O)N1CCCC(CO)C1)C1CC1. The highest BCUT2D eigenvalue weighted by molar-refractivity contribution is 5.74. The van der Waals surface area contributed by atoms with Crippen LogP contribution < -0.4 is 5.32 Å². The molecule has 2 N–H and O–H groups in total. The van der Waals surface area contributed by atoms with Crippen LogP contribution in [0.5, 0.6) is 0 Å². The normalized spacial score (nSPS) is 21.3. The first-order chi connectivity index (χ1) is 11.3. The summed E-state index contributed by atoms with van der Waals surface area (Å²) in [4.78, 5) is 27.9. The summed E-state index contributed by atoms with van der Waals surface area (Å²) in [5.74, 6) is 0.175. The van der Waals surface area contributed by atoms with Crippen molar-refractivity contribution in [3.05, 3.63) is 0 Å². The van der Waals surface area contributed by atoms with Crippen LogP contribution in [0.3, 0.4) is 0 Å². The maximum absolute atomic E-state index is 12.3. The van der Waals surface area contributed by atoms with Crippen molar-refractivity contribution in [2.45, 2.75) is 58.1 Å². The zero-order valence-corrected chi connectivity index (χ0v) is 15.1. The van der Waals surface area contributed by atoms with Gasteiger partial charge >= 0.3 is 12.1 Å². The second kappa shape index (κ2) is 8.05. The molecule has 0 aromatic carbocycles. The maximum atomic E-state index is 12.3. The summed E-state index contributed by atoms with van der Waals surface area (Å²) in [5.41, 5.74) is -0.513. The van der Waals surface area contributed by atoms with Gasteiger partial charge in [-0.1, -0.05) is 0 Å². The molecule has 7 heteroatoms. The summed E-state index contributed by atoms with van der Waals surface area (Å²) in [6.07, 6.45) is 3.58. The van der Waals surface area contributed by atoms with Gasteiger partial charge in [-0.05, 0) is 52.4 Å². The van der Waals surface area contributed by atoms with Crippen LogP contribution >= 0.6 is 0 Å². The monoisotopic (exact) mass is 341 g/mol. The fourth-order valence-corrected chi connectivity index (χ4v) is 2.92. The topological polar surface area (TPSA) is 82.1 Å². The largest absolute Gasteiger partial charge is 0.444 e. The van der Waals surface area contributed by atoms with E-state index < -0.39 is 5.60 Å². The fourth-order valence-electron chi connectivity index (χ4n) is 2.92. The summed E-state index contributed by atoms with van der Waals surface area (Å²) in [6.45, 7) is 7.87. The number of ether oxygens (including phenoxy) is 1. The highest BCUT2D eigenvalue weighted by atomic mass is 16.6. The van der Waals surface area contributed by atoms with E-state index in [4.69, 9.17) is 4.74 Å². The number of urea groups is 1. The number of carbonyl (C=O) groups excluding carboxylic acids is 2. The number of carbonyl (C=O) groups is 2. The van der Waals surface area contributed by atoms with Crippen molar-refractivity contribution in [1.82, 2.24) is 15.1 Å². The minimum atomic E-state index is -0.513. The number of amides is 3. The first-order valence-electron chi connectivity index (χ1n) is 8.93. The van der Waals surface area contributed by atoms with Crippen molar-refractivity contribution in [3.63, 3.8) is 0 Å². The Balaban J connectivity index is 1.76. The molecule has 7 nitrogen and oxygen atoms in total. The molecule has 0 aromatic rings. The Kier molecular flexibility index (Phi) is 6.32. The van der Waals surface area contributed by atoms with E-state index >= 15 is 0 Å². The van der Waals surface area contributed by atoms with E-state index in [0.717, 1.165) is 32.2 Å². The van der Waals surface area contributed by atoms with Crippen LogP contribution in [-0.4, -0.2) is 71.5 Å². The number of nitrogens with one attached hydrogen (secondary N) is 1. The van der Waals surface area contributed by atoms with E-state index in [0.29, 0.717) is 19.6 Å². The van der Waals surface area contributed by atoms with Crippen LogP contribution in [0.25, 0.3) is 0 Å². The number of aliphatic hydroxyl groups is 1. The van der Waals surface area contributed by atoms with Gasteiger partial charge in [-0.15, -0.1) is 0 Å². The zero-order chi connectivity index (χ0) is 17.7. The molecule has 138 valence electrons. The summed E-state index contributed by atoms with van der Waals surface area (Å²) in [5, 5.41) is 12.1. The van der Waals surface area contributed by atoms with Gasteiger partial charge in [0, 0.05) is 38.8 Å². The van der Waals surface area contributed by atoms with Crippen molar-refractivity contribution in [2.75, 3.05) is 32.8 Å². The van der Waals surface area contributed by atoms with Crippen LogP contribution in [0.1, 0.15) is 46.5 Å². The lowest BCUT2D eigenvalue weighted by molar-refractivity contribution is 0.0235. The van der Waals surface area contributed by atoms with Crippen molar-refractivity contribution in [3.8, 4) is 0 Å². The van der Waals surface area contributed by atoms with E-state index in [1.54, 1.807) is 9.80 Å². The van der Waals surface area contributed by atoms with Gasteiger partial charge in [0.05, 0.1) is 0 Å². The number of nitrogens with zero attached hydrogens (tertiary/aromatic N) is 2. The van der Waals surface area contributed by atoms with Crippen molar-refractivity contribution >= 4 is 12.1 Å². The number of hydrogen-bond acceptors (Lipinski definition) is 4. The van der Waals surface area contributed by atoms with E-state index in [-0.39, 0.29) is 30.7 Å². The van der Waals surface area contributed by atoms with Crippen molar-refractivity contribution in [2.24, 2.45) is 5.92 Å². The van der Waals surface area contributed by atoms with Gasteiger partial charge in [-0.25, -0.2) is 9.59 Å². The highest BCUT2D eigenvalue weighted by Crippen LogP contribution is 2.28. The number of hydrogen-bond donors (Lipinski definition) is 2. The van der Waals surface area contributed by atoms with Crippen LogP contribution in [0.4, 0.5) is 9.59 Å². The molecule has 1 unspecified atom stereocenters. The van der Waals surface area contributed by atoms with Crippen LogP contribution in [0.2, 0.25) is 0 Å². The number of rotatable bonds is 5. The molecule has 2 fully saturated rings. The summed E-state index contributed by atoms with van der Waals surface area (Å²) in [6, 6.07) is 0.124. The van der Waals surface area contributed by atoms with Gasteiger partial charge in [0.15, 0.2) is 0 Å². The first-order valence-corrected chi connectivity index (χ1v) is 8.93. The van der Waals surface area contributed by atoms with Crippen molar-refractivity contribution < 1.29 is 19.4 Å². The van der Waals surface area contributed by atoms with Crippen LogP contribution in [0.15, 0.2) is 0 Å². The summed E-state index contributed by atoms with van der Waals surface area (Å²) < 4.78 is 5.44. The number of aliphatic hydroxyl groups excluding tert-OH is 1. The average molecular weight is 341 g/mol. The lowest BCUT2D eigenvalue weighted by Gasteiger charge is -2.32. The molecule has 2 aliphatic rings. The lowest BCUT2D eigenvalue weighted by Crippen LogP contribution is -2.48. The molecule has 1 atom stereocenters. The lowest BCUT2D eigenvalue weighted by atomic mass is 9.99. The van der Waals surface area contributed by atoms with Gasteiger partial charge in [0.2, 0.25) is 0 Å². The second-order valence-electron chi connectivity index (χ2n) is 7.77. The molecule has 2 rings (SSSR count). The second-order valence-corrected chi connectivity index (χ2v) is 7.77. The number of piperidine rings is 1. The molecule has 0 radical (unpaired) electrons. The Morgan fingerprint density at radius 3 is 2.58 bits per heavy atom. The van der Waals surface area contributed by atoms with E-state index in [9.17, 15) is 14.7 Å². The summed E-state index contributed by atoms with van der Waals surface area (Å²) >= 11 is 0. The van der Waals surface area contributed by atoms with Crippen LogP contribution in [-0.2, 0) is 4.74 Å². The molecule has 1 aliphatic heterocycles. The molecule has 24 heavy (non-hydrogen) atoms. The summed E-state index contributed by atoms with van der Waals surface area (Å²) in [7, 11) is 0. The predicted octanol–water partition coefficient (Wildman–Crippen LogP) is 1.80. The molecule has 3 amide bonds. The van der Waals surface area contributed by atoms with Gasteiger partial charge in [0.25, 0.3) is 0 Å². The van der Waals surface area contributed by atoms with Crippen LogP contribution in [0, 0.1) is 5.92 Å². The molecular weight excluding hydrogens is 310 g/mol. The molecular formula is C17H31N3O4. The van der Waals surface area contributed by atoms with Gasteiger partial charge in [-0.3, -0.25) is 0 Å². The molecule has 1 heterocycles. The Morgan fingerprint density at radius 2 is 2.00 bits per heavy atom. The molecule has 0 aromatic heterocycles. The highest BCUT2D eigenvalue weighted by Gasteiger charge is 2.35. The van der Waals surface area contributed by atoms with Gasteiger partial charge in [0.1, 0.15) is 5.60 Å². The standard InChI is InChI=1S/C17H31N3O4/c1-17(2,3)24-16(23)20(14-6-7-14)10-8-18-15(22)19-9-4-5-13(11-19)12-21/h13-14,21H,4-12H2,1-3H3,(H,18,22). The first kappa shape index (κ1) is 18.8. The molecule has 0 spiro atoms. The predicted molar refractivity (Wildman–Crippen MR) is 90.7 cm³/mol. The Hall–Kier alpha value is -1.50. The molecule has 1 saturated carbocycles. The fraction of sp³-hybridized carbons (Fsp3) is 0.882. The smallest absolute Gasteiger partial charge is 0.410 e. The van der Waals surface area contributed by atoms with E-state index in [1.807, 2.05) is 20.8 Å². The number of likely N-dealkylation sites (tertiary alicyclic amines) is 1. The zero-order valence-electron chi connectivity index (χ0n) is 15.1. The Labute approximate surface area is 144 Å². The van der Waals surface area contributed by atoms with E-state index in [2.05, 4.69) is 5.32 Å². The Bertz CT molecular complexity index is 446. The third-order valence-corrected chi connectivity index (χ3v) is 4.31. The van der Waals surface area contributed by atoms with E-state index in [1.165, 1.54) is 0 Å². The molecule has 1 aliphatic carbocycles. The third kappa shape index (κ3) is 5.85. The van der Waals surface area contributed by atoms with Gasteiger partial charge in [-0.2, -0.15) is 0 Å². The van der Waals surface area contributed by atoms with Gasteiger partial charge < -0.3 is 25.0 Å². The van der Waals surface area contributed by atoms with Crippen molar-refractivity contribution in [1.29, 1.82) is 0 Å². The molecule has 1 saturated heterocycles. The molecule has 0 bridgehead atoms. The minimum Gasteiger partial charge on any atom is -0.444 e. The quantitative estimate of drug-likeness (QED) is 0.799. The average Bonchev–Trinajstić information content (AvgIpc) is 3.34. The Morgan fingerprint density at radius 1 is 1.29 bits per heavy atom. The maximum Gasteiger partial charge on any atom is 0.410 e.